The third-order valence-electron chi connectivity index (χ3n) is 2.32. The van der Waals surface area contributed by atoms with Crippen LogP contribution in [0.15, 0.2) is 0 Å². The number of hydrogen-bond acceptors (Lipinski definition) is 7. The number of aromatic carboxylic acids is 1. The standard InChI is InChI=1S/C10H10N4O3S2/c1-3-5(9(16)17)8(19-14-3)13-7(15)6-4(2)12-10(11)18-6/h1-2H3,(H2,11,12)(H,13,15)(H,16,17). The number of aromatic nitrogens is 2. The van der Waals surface area contributed by atoms with E-state index in [1.807, 2.05) is 0 Å². The lowest BCUT2D eigenvalue weighted by atomic mass is 10.2. The number of anilines is 2. The van der Waals surface area contributed by atoms with Crippen molar-refractivity contribution in [3.8, 4) is 0 Å². The van der Waals surface area contributed by atoms with Gasteiger partial charge in [-0.3, -0.25) is 4.79 Å². The molecule has 0 aliphatic carbocycles. The van der Waals surface area contributed by atoms with E-state index >= 15 is 0 Å². The van der Waals surface area contributed by atoms with Crippen LogP contribution in [0.2, 0.25) is 0 Å². The number of aryl methyl sites for hydroxylation is 2. The van der Waals surface area contributed by atoms with Crippen molar-refractivity contribution in [3.63, 3.8) is 0 Å². The molecule has 0 atom stereocenters. The van der Waals surface area contributed by atoms with Crippen molar-refractivity contribution in [3.05, 3.63) is 21.8 Å². The maximum absolute atomic E-state index is 12.0. The molecule has 0 aliphatic heterocycles. The zero-order chi connectivity index (χ0) is 14.2. The number of hydrogen-bond donors (Lipinski definition) is 3. The van der Waals surface area contributed by atoms with Crippen molar-refractivity contribution < 1.29 is 14.7 Å². The van der Waals surface area contributed by atoms with Gasteiger partial charge in [0.25, 0.3) is 5.91 Å². The van der Waals surface area contributed by atoms with E-state index in [2.05, 4.69) is 14.7 Å². The van der Waals surface area contributed by atoms with Crippen LogP contribution in [0.3, 0.4) is 0 Å². The van der Waals surface area contributed by atoms with E-state index in [1.165, 1.54) is 0 Å². The predicted octanol–water partition coefficient (Wildman–Crippen LogP) is 1.75. The molecule has 2 aromatic rings. The molecule has 2 aromatic heterocycles. The fraction of sp³-hybridized carbons (Fsp3) is 0.200. The van der Waals surface area contributed by atoms with Crippen LogP contribution in [0.5, 0.6) is 0 Å². The smallest absolute Gasteiger partial charge is 0.340 e. The molecule has 0 fully saturated rings. The van der Waals surface area contributed by atoms with Crippen molar-refractivity contribution in [2.24, 2.45) is 0 Å². The van der Waals surface area contributed by atoms with Gasteiger partial charge in [0.15, 0.2) is 5.13 Å². The molecule has 0 saturated carbocycles. The average molecular weight is 298 g/mol. The molecule has 0 saturated heterocycles. The fourth-order valence-electron chi connectivity index (χ4n) is 1.49. The van der Waals surface area contributed by atoms with Crippen LogP contribution in [0.4, 0.5) is 10.1 Å². The first-order valence-corrected chi connectivity index (χ1v) is 6.73. The van der Waals surface area contributed by atoms with Gasteiger partial charge >= 0.3 is 5.97 Å². The molecule has 0 aliphatic rings. The first-order valence-electron chi connectivity index (χ1n) is 5.14. The molecule has 9 heteroatoms. The molecule has 7 nitrogen and oxygen atoms in total. The number of carbonyl (C=O) groups is 2. The quantitative estimate of drug-likeness (QED) is 0.794. The second-order valence-corrected chi connectivity index (χ2v) is 5.50. The van der Waals surface area contributed by atoms with Gasteiger partial charge in [0.1, 0.15) is 15.4 Å². The van der Waals surface area contributed by atoms with Gasteiger partial charge in [-0.1, -0.05) is 11.3 Å². The Morgan fingerprint density at radius 2 is 2.00 bits per heavy atom. The highest BCUT2D eigenvalue weighted by atomic mass is 32.1. The van der Waals surface area contributed by atoms with E-state index < -0.39 is 11.9 Å². The van der Waals surface area contributed by atoms with Gasteiger partial charge in [0.2, 0.25) is 0 Å². The molecule has 19 heavy (non-hydrogen) atoms. The first kappa shape index (κ1) is 13.4. The van der Waals surface area contributed by atoms with E-state index in [9.17, 15) is 9.59 Å². The van der Waals surface area contributed by atoms with Gasteiger partial charge in [-0.2, -0.15) is 4.37 Å². The maximum atomic E-state index is 12.0. The van der Waals surface area contributed by atoms with Gasteiger partial charge in [-0.05, 0) is 25.4 Å². The number of thiazole rings is 1. The summed E-state index contributed by atoms with van der Waals surface area (Å²) in [7, 11) is 0. The number of nitrogens with zero attached hydrogens (tertiary/aromatic N) is 2. The molecule has 0 bridgehead atoms. The molecule has 2 rings (SSSR count). The summed E-state index contributed by atoms with van der Waals surface area (Å²) >= 11 is 1.98. The second kappa shape index (κ2) is 4.94. The molecule has 4 N–H and O–H groups in total. The molecule has 2 heterocycles. The van der Waals surface area contributed by atoms with E-state index in [4.69, 9.17) is 10.8 Å². The highest BCUT2D eigenvalue weighted by Gasteiger charge is 2.21. The topological polar surface area (TPSA) is 118 Å². The van der Waals surface area contributed by atoms with E-state index in [-0.39, 0.29) is 10.6 Å². The Morgan fingerprint density at radius 3 is 2.53 bits per heavy atom. The Kier molecular flexibility index (Phi) is 3.49. The minimum Gasteiger partial charge on any atom is -0.478 e. The van der Waals surface area contributed by atoms with E-state index in [1.54, 1.807) is 13.8 Å². The molecule has 0 aromatic carbocycles. The number of amides is 1. The Hall–Kier alpha value is -2.00. The summed E-state index contributed by atoms with van der Waals surface area (Å²) < 4.78 is 3.92. The van der Waals surface area contributed by atoms with Crippen LogP contribution in [-0.4, -0.2) is 26.3 Å². The highest BCUT2D eigenvalue weighted by Crippen LogP contribution is 2.27. The minimum absolute atomic E-state index is 0.00786. The van der Waals surface area contributed by atoms with Crippen molar-refractivity contribution in [1.29, 1.82) is 0 Å². The normalized spacial score (nSPS) is 10.4. The number of carbonyl (C=O) groups excluding carboxylic acids is 1. The first-order chi connectivity index (χ1) is 8.90. The molecule has 1 amide bonds. The number of nitrogens with two attached hydrogens (primary N) is 1. The van der Waals surface area contributed by atoms with Crippen LogP contribution in [0.25, 0.3) is 0 Å². The fourth-order valence-corrected chi connectivity index (χ4v) is 3.01. The van der Waals surface area contributed by atoms with Crippen LogP contribution >= 0.6 is 22.9 Å². The molecule has 0 spiro atoms. The van der Waals surface area contributed by atoms with Gasteiger partial charge in [-0.15, -0.1) is 0 Å². The molecule has 100 valence electrons. The summed E-state index contributed by atoms with van der Waals surface area (Å²) in [5, 5.41) is 12.1. The van der Waals surface area contributed by atoms with Crippen LogP contribution in [0, 0.1) is 13.8 Å². The summed E-state index contributed by atoms with van der Waals surface area (Å²) in [6, 6.07) is 0. The summed E-state index contributed by atoms with van der Waals surface area (Å²) in [6.45, 7) is 3.24. The van der Waals surface area contributed by atoms with Crippen LogP contribution in [-0.2, 0) is 0 Å². The largest absolute Gasteiger partial charge is 0.478 e. The van der Waals surface area contributed by atoms with Gasteiger partial charge in [0.05, 0.1) is 11.4 Å². The third kappa shape index (κ3) is 2.56. The number of carboxylic acids is 1. The second-order valence-electron chi connectivity index (χ2n) is 3.70. The highest BCUT2D eigenvalue weighted by molar-refractivity contribution is 7.17. The zero-order valence-electron chi connectivity index (χ0n) is 10.1. The zero-order valence-corrected chi connectivity index (χ0v) is 11.7. The Balaban J connectivity index is 2.29. The molecular formula is C10H10N4O3S2. The monoisotopic (exact) mass is 298 g/mol. The molecule has 0 unspecified atom stereocenters. The average Bonchev–Trinajstić information content (AvgIpc) is 2.82. The molecule has 0 radical (unpaired) electrons. The number of nitrogen functional groups attached to an aromatic ring is 1. The summed E-state index contributed by atoms with van der Waals surface area (Å²) in [6.07, 6.45) is 0. The van der Waals surface area contributed by atoms with Crippen LogP contribution < -0.4 is 11.1 Å². The Bertz CT molecular complexity index is 662. The van der Waals surface area contributed by atoms with Crippen molar-refractivity contribution >= 4 is 44.9 Å². The lowest BCUT2D eigenvalue weighted by molar-refractivity contribution is 0.0697. The minimum atomic E-state index is -1.12. The summed E-state index contributed by atoms with van der Waals surface area (Å²) in [4.78, 5) is 27.4. The Labute approximate surface area is 116 Å². The van der Waals surface area contributed by atoms with Gasteiger partial charge < -0.3 is 16.2 Å². The number of nitrogens with one attached hydrogen (secondary N) is 1. The van der Waals surface area contributed by atoms with E-state index in [0.29, 0.717) is 21.4 Å². The lowest BCUT2D eigenvalue weighted by Crippen LogP contribution is -2.13. The predicted molar refractivity (Wildman–Crippen MR) is 73.0 cm³/mol. The van der Waals surface area contributed by atoms with Crippen molar-refractivity contribution in [2.45, 2.75) is 13.8 Å². The van der Waals surface area contributed by atoms with Crippen molar-refractivity contribution in [2.75, 3.05) is 11.1 Å². The number of rotatable bonds is 3. The summed E-state index contributed by atoms with van der Waals surface area (Å²) in [5.41, 5.74) is 6.41. The number of carboxylic acid groups (broad SMARTS) is 1. The van der Waals surface area contributed by atoms with Gasteiger partial charge in [0, 0.05) is 0 Å². The van der Waals surface area contributed by atoms with Crippen molar-refractivity contribution in [1.82, 2.24) is 9.36 Å². The Morgan fingerprint density at radius 1 is 1.32 bits per heavy atom. The van der Waals surface area contributed by atoms with Gasteiger partial charge in [-0.25, -0.2) is 9.78 Å². The summed E-state index contributed by atoms with van der Waals surface area (Å²) in [5.74, 6) is -1.56. The lowest BCUT2D eigenvalue weighted by Gasteiger charge is -2.02. The SMILES string of the molecule is Cc1nc(N)sc1C(=O)Nc1snc(C)c1C(=O)O. The third-order valence-corrected chi connectivity index (χ3v) is 4.16. The van der Waals surface area contributed by atoms with Crippen LogP contribution in [0.1, 0.15) is 31.4 Å². The maximum Gasteiger partial charge on any atom is 0.340 e. The molecular weight excluding hydrogens is 288 g/mol. The van der Waals surface area contributed by atoms with E-state index in [0.717, 1.165) is 22.9 Å².